The summed E-state index contributed by atoms with van der Waals surface area (Å²) in [6.07, 6.45) is 36.6. The fourth-order valence-corrected chi connectivity index (χ4v) is 13.2. The van der Waals surface area contributed by atoms with Crippen molar-refractivity contribution < 1.29 is 27.2 Å². The van der Waals surface area contributed by atoms with Crippen LogP contribution in [0, 0.1) is 0 Å². The summed E-state index contributed by atoms with van der Waals surface area (Å²) in [5.41, 5.74) is 0.885. The first-order chi connectivity index (χ1) is 27.6. The van der Waals surface area contributed by atoms with E-state index in [4.69, 9.17) is 22.4 Å². The van der Waals surface area contributed by atoms with Crippen molar-refractivity contribution in [3.05, 3.63) is 11.6 Å². The molecule has 0 amide bonds. The van der Waals surface area contributed by atoms with E-state index >= 15 is 0 Å². The first-order valence-corrected chi connectivity index (χ1v) is 38.8. The second kappa shape index (κ2) is 30.9. The first kappa shape index (κ1) is 56.9. The fourth-order valence-electron chi connectivity index (χ4n) is 8.51. The molecule has 0 saturated heterocycles. The van der Waals surface area contributed by atoms with Gasteiger partial charge in [-0.3, -0.25) is 0 Å². The Bertz CT molecular complexity index is 1090. The number of hydrogen-bond acceptors (Lipinski definition) is 6. The lowest BCUT2D eigenvalue weighted by atomic mass is 9.97. The zero-order valence-corrected chi connectivity index (χ0v) is 46.0. The van der Waals surface area contributed by atoms with Crippen molar-refractivity contribution in [3.8, 4) is 0 Å². The molecule has 1 aliphatic heterocycles. The van der Waals surface area contributed by atoms with Crippen LogP contribution in [0.2, 0.25) is 78.6 Å². The minimum absolute atomic E-state index is 0.0439. The van der Waals surface area contributed by atoms with Gasteiger partial charge in [-0.05, 0) is 130 Å². The predicted molar refractivity (Wildman–Crippen MR) is 267 cm³/mol. The lowest BCUT2D eigenvalue weighted by molar-refractivity contribution is -0.139. The van der Waals surface area contributed by atoms with Crippen LogP contribution in [0.4, 0.5) is 0 Å². The fraction of sp³-hybridized carbons (Fsp3) is 0.939. The van der Waals surface area contributed by atoms with E-state index in [9.17, 15) is 4.79 Å². The van der Waals surface area contributed by atoms with Crippen LogP contribution in [0.25, 0.3) is 0 Å². The van der Waals surface area contributed by atoms with Crippen molar-refractivity contribution in [1.29, 1.82) is 0 Å². The topological polar surface area (TPSA) is 63.2 Å². The number of carbonyl (C=O) groups excluding carboxylic acids is 1. The number of ether oxygens (including phenoxy) is 1. The summed E-state index contributed by atoms with van der Waals surface area (Å²) in [6.45, 7) is 32.4. The molecule has 1 aliphatic rings. The summed E-state index contributed by atoms with van der Waals surface area (Å²) >= 11 is 0. The number of esters is 1. The highest BCUT2D eigenvalue weighted by Crippen LogP contribution is 2.29. The van der Waals surface area contributed by atoms with Crippen LogP contribution in [-0.4, -0.2) is 69.8 Å². The van der Waals surface area contributed by atoms with Crippen LogP contribution in [0.3, 0.4) is 0 Å². The van der Waals surface area contributed by atoms with Crippen LogP contribution in [0.5, 0.6) is 0 Å². The summed E-state index contributed by atoms with van der Waals surface area (Å²) in [7, 11) is -7.01. The average Bonchev–Trinajstić information content (AvgIpc) is 3.43. The van der Waals surface area contributed by atoms with E-state index in [1.165, 1.54) is 122 Å². The van der Waals surface area contributed by atoms with Crippen LogP contribution < -0.4 is 0 Å². The quantitative estimate of drug-likeness (QED) is 0.0348. The maximum Gasteiger partial charge on any atom is 0.334 e. The monoisotopic (exact) mass is 899 g/mol. The molecule has 1 heterocycles. The Balaban J connectivity index is 2.68. The SMILES string of the molecule is CCCCCCCCCCCCC(O[Si](C)(C)C)C(CCCCC(O[Si](C)(C)C)C(CCCCCCCCCCCCC1=C[C@H](C)OC1=O)O[Si](C)(C)C)O[Si](C)(C)C. The second-order valence-corrected chi connectivity index (χ2v) is 40.0. The molecule has 0 radical (unpaired) electrons. The second-order valence-electron chi connectivity index (χ2n) is 22.2. The molecule has 0 aromatic rings. The molecule has 0 aromatic carbocycles. The highest BCUT2D eigenvalue weighted by atomic mass is 28.4. The molecule has 4 unspecified atom stereocenters. The maximum atomic E-state index is 11.8. The molecule has 10 heteroatoms. The molecule has 5 atom stereocenters. The zero-order chi connectivity index (χ0) is 44.4. The van der Waals surface area contributed by atoms with Gasteiger partial charge in [-0.25, -0.2) is 4.79 Å². The van der Waals surface area contributed by atoms with Gasteiger partial charge >= 0.3 is 5.97 Å². The molecule has 0 aliphatic carbocycles. The van der Waals surface area contributed by atoms with Crippen molar-refractivity contribution in [2.24, 2.45) is 0 Å². The normalized spacial score (nSPS) is 17.6. The highest BCUT2D eigenvalue weighted by Gasteiger charge is 2.34. The molecule has 59 heavy (non-hydrogen) atoms. The molecule has 0 spiro atoms. The lowest BCUT2D eigenvalue weighted by Crippen LogP contribution is -2.45. The summed E-state index contributed by atoms with van der Waals surface area (Å²) in [6, 6.07) is 0. The molecule has 0 fully saturated rings. The summed E-state index contributed by atoms with van der Waals surface area (Å²) < 4.78 is 33.2. The Morgan fingerprint density at radius 3 is 0.949 bits per heavy atom. The van der Waals surface area contributed by atoms with Gasteiger partial charge in [0.05, 0.1) is 24.4 Å². The minimum Gasteiger partial charge on any atom is -0.455 e. The molecular weight excluding hydrogens is 797 g/mol. The lowest BCUT2D eigenvalue weighted by Gasteiger charge is -2.37. The Labute approximate surface area is 372 Å². The number of rotatable bonds is 39. The molecule has 0 saturated carbocycles. The molecule has 1 rings (SSSR count). The van der Waals surface area contributed by atoms with Gasteiger partial charge in [-0.2, -0.15) is 0 Å². The Hall–Kier alpha value is -0.0825. The van der Waals surface area contributed by atoms with E-state index < -0.39 is 33.3 Å². The highest BCUT2D eigenvalue weighted by molar-refractivity contribution is 6.71. The molecule has 0 bridgehead atoms. The van der Waals surface area contributed by atoms with Gasteiger partial charge in [0.15, 0.2) is 33.3 Å². The Morgan fingerprint density at radius 1 is 0.441 bits per heavy atom. The molecule has 0 aromatic heterocycles. The largest absolute Gasteiger partial charge is 0.455 e. The van der Waals surface area contributed by atoms with Crippen molar-refractivity contribution in [2.75, 3.05) is 0 Å². The summed E-state index contributed by atoms with van der Waals surface area (Å²) in [4.78, 5) is 11.8. The number of carbonyl (C=O) groups is 1. The Kier molecular flexibility index (Phi) is 29.8. The molecular formula is C49H102O6Si4. The van der Waals surface area contributed by atoms with Gasteiger partial charge in [-0.15, -0.1) is 0 Å². The number of hydrogen-bond donors (Lipinski definition) is 0. The maximum absolute atomic E-state index is 11.8. The van der Waals surface area contributed by atoms with Gasteiger partial charge in [0.1, 0.15) is 6.10 Å². The average molecular weight is 900 g/mol. The van der Waals surface area contributed by atoms with E-state index in [2.05, 4.69) is 85.5 Å². The van der Waals surface area contributed by atoms with Crippen LogP contribution in [-0.2, 0) is 27.2 Å². The van der Waals surface area contributed by atoms with Gasteiger partial charge in [0.25, 0.3) is 0 Å². The molecule has 0 N–H and O–H groups in total. The summed E-state index contributed by atoms with van der Waals surface area (Å²) in [5, 5.41) is 0. The smallest absolute Gasteiger partial charge is 0.334 e. The van der Waals surface area contributed by atoms with Crippen molar-refractivity contribution in [2.45, 2.75) is 296 Å². The van der Waals surface area contributed by atoms with Crippen LogP contribution in [0.1, 0.15) is 187 Å². The van der Waals surface area contributed by atoms with Crippen LogP contribution in [0.15, 0.2) is 11.6 Å². The van der Waals surface area contributed by atoms with E-state index in [1.807, 2.05) is 13.0 Å². The van der Waals surface area contributed by atoms with Gasteiger partial charge in [0, 0.05) is 5.57 Å². The molecule has 6 nitrogen and oxygen atoms in total. The van der Waals surface area contributed by atoms with Gasteiger partial charge < -0.3 is 22.4 Å². The third-order valence-electron chi connectivity index (χ3n) is 11.1. The van der Waals surface area contributed by atoms with E-state index in [1.54, 1.807) is 0 Å². The van der Waals surface area contributed by atoms with Gasteiger partial charge in [0.2, 0.25) is 0 Å². The molecule has 350 valence electrons. The third-order valence-corrected chi connectivity index (χ3v) is 15.1. The van der Waals surface area contributed by atoms with E-state index in [0.29, 0.717) is 0 Å². The minimum atomic E-state index is -1.77. The first-order valence-electron chi connectivity index (χ1n) is 25.2. The van der Waals surface area contributed by atoms with Crippen LogP contribution >= 0.6 is 0 Å². The van der Waals surface area contributed by atoms with E-state index in [0.717, 1.165) is 56.9 Å². The van der Waals surface area contributed by atoms with Crippen molar-refractivity contribution in [1.82, 2.24) is 0 Å². The number of cyclic esters (lactones) is 1. The van der Waals surface area contributed by atoms with Crippen molar-refractivity contribution >= 4 is 39.2 Å². The number of unbranched alkanes of at least 4 members (excludes halogenated alkanes) is 19. The van der Waals surface area contributed by atoms with E-state index in [-0.39, 0.29) is 36.5 Å². The predicted octanol–water partition coefficient (Wildman–Crippen LogP) is 16.3. The summed E-state index contributed by atoms with van der Waals surface area (Å²) in [5.74, 6) is -0.103. The Morgan fingerprint density at radius 2 is 0.695 bits per heavy atom. The van der Waals surface area contributed by atoms with Crippen molar-refractivity contribution in [3.63, 3.8) is 0 Å². The standard InChI is InChI=1S/C49H102O6Si4/c1-15-16-17-18-19-20-24-27-30-33-38-45(52-56(3,4)5)47(54-58(9,10)11)40-35-36-41-48(55-59(12,13)14)46(53-57(6,7)8)39-34-31-28-25-22-21-23-26-29-32-37-44-42-43(2)51-49(44)50/h42-43,45-48H,15-41H2,1-14H3/t43-,45?,46?,47?,48?/m0/s1. The van der Waals surface area contributed by atoms with Gasteiger partial charge in [-0.1, -0.05) is 142 Å². The third kappa shape index (κ3) is 33.1. The zero-order valence-electron chi connectivity index (χ0n) is 42.0.